The van der Waals surface area contributed by atoms with Gasteiger partial charge in [0.05, 0.1) is 18.0 Å². The van der Waals surface area contributed by atoms with Crippen LogP contribution in [0.3, 0.4) is 0 Å². The number of nitrogens with zero attached hydrogens (tertiary/aromatic N) is 4. The van der Waals surface area contributed by atoms with E-state index in [1.165, 1.54) is 12.4 Å². The lowest BCUT2D eigenvalue weighted by atomic mass is 9.98. The minimum Gasteiger partial charge on any atom is -0.491 e. The Hall–Kier alpha value is -4.31. The summed E-state index contributed by atoms with van der Waals surface area (Å²) >= 11 is 0. The zero-order valence-electron chi connectivity index (χ0n) is 19.4. The van der Waals surface area contributed by atoms with Crippen molar-refractivity contribution in [2.45, 2.75) is 38.0 Å². The number of anilines is 1. The van der Waals surface area contributed by atoms with Crippen molar-refractivity contribution in [3.8, 4) is 5.75 Å². The van der Waals surface area contributed by atoms with Crippen molar-refractivity contribution in [1.29, 1.82) is 0 Å². The van der Waals surface area contributed by atoms with E-state index in [4.69, 9.17) is 15.2 Å². The molecule has 3 N–H and O–H groups in total. The first kappa shape index (κ1) is 23.4. The fourth-order valence-corrected chi connectivity index (χ4v) is 4.34. The van der Waals surface area contributed by atoms with E-state index in [0.717, 1.165) is 18.4 Å². The van der Waals surface area contributed by atoms with Gasteiger partial charge in [-0.1, -0.05) is 30.3 Å². The second-order valence-electron chi connectivity index (χ2n) is 8.60. The average molecular weight is 488 g/mol. The van der Waals surface area contributed by atoms with Crippen LogP contribution in [0.15, 0.2) is 61.2 Å². The van der Waals surface area contributed by atoms with Crippen molar-refractivity contribution < 1.29 is 24.2 Å². The van der Waals surface area contributed by atoms with Crippen molar-refractivity contribution in [2.24, 2.45) is 0 Å². The lowest BCUT2D eigenvalue weighted by Crippen LogP contribution is -2.18. The Kier molecular flexibility index (Phi) is 6.59. The molecular formula is C26H25N5O5. The van der Waals surface area contributed by atoms with Crippen molar-refractivity contribution >= 4 is 28.7 Å². The fourth-order valence-electron chi connectivity index (χ4n) is 4.34. The third kappa shape index (κ3) is 4.89. The first-order chi connectivity index (χ1) is 17.5. The van der Waals surface area contributed by atoms with Crippen LogP contribution < -0.4 is 10.5 Å². The number of Topliss-reactive ketones (excluding diaryl/α,β-unsaturated/α-hetero) is 1. The fraction of sp³-hybridized carbons (Fsp3) is 0.269. The smallest absolute Gasteiger partial charge is 0.336 e. The molecule has 10 nitrogen and oxygen atoms in total. The van der Waals surface area contributed by atoms with E-state index < -0.39 is 5.97 Å². The van der Waals surface area contributed by atoms with Crippen LogP contribution in [-0.2, 0) is 11.2 Å². The molecule has 36 heavy (non-hydrogen) atoms. The summed E-state index contributed by atoms with van der Waals surface area (Å²) in [6, 6.07) is 13.8. The molecule has 5 rings (SSSR count). The van der Waals surface area contributed by atoms with E-state index in [-0.39, 0.29) is 35.7 Å². The second kappa shape index (κ2) is 10.1. The predicted molar refractivity (Wildman–Crippen MR) is 131 cm³/mol. The van der Waals surface area contributed by atoms with Crippen molar-refractivity contribution in [1.82, 2.24) is 19.5 Å². The number of aryl methyl sites for hydroxylation is 1. The molecular weight excluding hydrogens is 462 g/mol. The number of carbonyl (C=O) groups excluding carboxylic acids is 1. The molecule has 4 aromatic rings. The monoisotopic (exact) mass is 487 g/mol. The highest BCUT2D eigenvalue weighted by atomic mass is 16.6. The number of ketones is 1. The van der Waals surface area contributed by atoms with Gasteiger partial charge in [0.15, 0.2) is 17.2 Å². The largest absolute Gasteiger partial charge is 0.491 e. The number of carboxylic acids is 1. The molecule has 0 saturated carbocycles. The Labute approximate surface area is 206 Å². The van der Waals surface area contributed by atoms with Crippen LogP contribution in [0.5, 0.6) is 5.75 Å². The van der Waals surface area contributed by atoms with Crippen LogP contribution in [0.1, 0.15) is 51.8 Å². The van der Waals surface area contributed by atoms with Gasteiger partial charge in [0.1, 0.15) is 30.4 Å². The van der Waals surface area contributed by atoms with Gasteiger partial charge in [0, 0.05) is 12.0 Å². The molecule has 2 aromatic carbocycles. The number of hydrogen-bond acceptors (Lipinski definition) is 8. The number of hydrogen-bond donors (Lipinski definition) is 2. The molecule has 3 heterocycles. The van der Waals surface area contributed by atoms with Crippen LogP contribution in [0.4, 0.5) is 5.82 Å². The number of rotatable bonds is 9. The summed E-state index contributed by atoms with van der Waals surface area (Å²) < 4.78 is 13.9. The molecule has 2 unspecified atom stereocenters. The standard InChI is InChI=1S/C26H25N5O5/c27-24-23-25(29-14-28-24)31(15-30-23)22-12-10-18(36-22)13-35-17-8-5-16(6-9-17)7-11-21(32)19-3-1-2-4-20(19)26(33)34/h1-6,8-9,14-15,18,22H,7,10-13H2,(H,33,34)(H2,27,28,29). The van der Waals surface area contributed by atoms with Crippen LogP contribution in [0.2, 0.25) is 0 Å². The lowest BCUT2D eigenvalue weighted by molar-refractivity contribution is -0.0158. The number of carboxylic acid groups (broad SMARTS) is 1. The third-order valence-corrected chi connectivity index (χ3v) is 6.24. The van der Waals surface area contributed by atoms with E-state index in [1.807, 2.05) is 28.8 Å². The Balaban J connectivity index is 1.12. The van der Waals surface area contributed by atoms with E-state index in [2.05, 4.69) is 15.0 Å². The number of aromatic carboxylic acids is 1. The number of carbonyl (C=O) groups is 2. The molecule has 1 aliphatic rings. The summed E-state index contributed by atoms with van der Waals surface area (Å²) in [5.74, 6) is -0.243. The van der Waals surface area contributed by atoms with Gasteiger partial charge in [-0.15, -0.1) is 0 Å². The molecule has 0 bridgehead atoms. The van der Waals surface area contributed by atoms with Crippen LogP contribution >= 0.6 is 0 Å². The third-order valence-electron chi connectivity index (χ3n) is 6.24. The maximum Gasteiger partial charge on any atom is 0.336 e. The number of ether oxygens (including phenoxy) is 2. The van der Waals surface area contributed by atoms with Crippen molar-refractivity contribution in [3.63, 3.8) is 0 Å². The summed E-state index contributed by atoms with van der Waals surface area (Å²) in [7, 11) is 0. The molecule has 1 saturated heterocycles. The lowest BCUT2D eigenvalue weighted by Gasteiger charge is -2.16. The van der Waals surface area contributed by atoms with Gasteiger partial charge in [-0.05, 0) is 43.0 Å². The molecule has 0 amide bonds. The summed E-state index contributed by atoms with van der Waals surface area (Å²) in [5, 5.41) is 9.29. The molecule has 10 heteroatoms. The van der Waals surface area contributed by atoms with Crippen LogP contribution in [0.25, 0.3) is 11.2 Å². The molecule has 1 aliphatic heterocycles. The maximum atomic E-state index is 12.5. The first-order valence-electron chi connectivity index (χ1n) is 11.7. The Morgan fingerprint density at radius 2 is 1.83 bits per heavy atom. The predicted octanol–water partition coefficient (Wildman–Crippen LogP) is 3.68. The minimum atomic E-state index is -1.10. The molecule has 184 valence electrons. The van der Waals surface area contributed by atoms with E-state index >= 15 is 0 Å². The molecule has 0 aliphatic carbocycles. The Morgan fingerprint density at radius 1 is 1.06 bits per heavy atom. The van der Waals surface area contributed by atoms with Crippen LogP contribution in [0, 0.1) is 0 Å². The van der Waals surface area contributed by atoms with Gasteiger partial charge in [0.25, 0.3) is 0 Å². The number of nitrogens with two attached hydrogens (primary N) is 1. The van der Waals surface area contributed by atoms with E-state index in [9.17, 15) is 14.7 Å². The van der Waals surface area contributed by atoms with Gasteiger partial charge in [-0.2, -0.15) is 0 Å². The van der Waals surface area contributed by atoms with Gasteiger partial charge >= 0.3 is 5.97 Å². The summed E-state index contributed by atoms with van der Waals surface area (Å²) in [6.07, 6.45) is 5.20. The normalized spacial score (nSPS) is 17.3. The molecule has 0 spiro atoms. The highest BCUT2D eigenvalue weighted by Crippen LogP contribution is 2.31. The summed E-state index contributed by atoms with van der Waals surface area (Å²) in [6.45, 7) is 0.407. The first-order valence-corrected chi connectivity index (χ1v) is 11.7. The quantitative estimate of drug-likeness (QED) is 0.338. The molecule has 1 fully saturated rings. The highest BCUT2D eigenvalue weighted by molar-refractivity contribution is 6.05. The topological polar surface area (TPSA) is 142 Å². The number of nitrogen functional groups attached to an aromatic ring is 1. The zero-order valence-corrected chi connectivity index (χ0v) is 19.4. The van der Waals surface area contributed by atoms with Crippen LogP contribution in [-0.4, -0.2) is 49.1 Å². The van der Waals surface area contributed by atoms with Gasteiger partial charge < -0.3 is 20.3 Å². The molecule has 2 aromatic heterocycles. The van der Waals surface area contributed by atoms with Crippen molar-refractivity contribution in [2.75, 3.05) is 12.3 Å². The van der Waals surface area contributed by atoms with E-state index in [1.54, 1.807) is 24.5 Å². The highest BCUT2D eigenvalue weighted by Gasteiger charge is 2.28. The average Bonchev–Trinajstić information content (AvgIpc) is 3.54. The summed E-state index contributed by atoms with van der Waals surface area (Å²) in [4.78, 5) is 36.4. The second-order valence-corrected chi connectivity index (χ2v) is 8.60. The van der Waals surface area contributed by atoms with Gasteiger partial charge in [-0.3, -0.25) is 9.36 Å². The number of benzene rings is 2. The molecule has 2 atom stereocenters. The van der Waals surface area contributed by atoms with Gasteiger partial charge in [0.2, 0.25) is 0 Å². The number of fused-ring (bicyclic) bond motifs is 1. The Bertz CT molecular complexity index is 1400. The Morgan fingerprint density at radius 3 is 2.61 bits per heavy atom. The number of aromatic nitrogens is 4. The zero-order chi connectivity index (χ0) is 25.1. The van der Waals surface area contributed by atoms with Gasteiger partial charge in [-0.25, -0.2) is 19.7 Å². The van der Waals surface area contributed by atoms with Crippen molar-refractivity contribution in [3.05, 3.63) is 77.9 Å². The van der Waals surface area contributed by atoms with E-state index in [0.29, 0.717) is 35.8 Å². The summed E-state index contributed by atoms with van der Waals surface area (Å²) in [5.41, 5.74) is 8.31. The maximum absolute atomic E-state index is 12.5. The SMILES string of the molecule is Nc1ncnc2c1ncn2C1CCC(COc2ccc(CCC(=O)c3ccccc3C(=O)O)cc2)O1. The number of imidazole rings is 1. The molecule has 0 radical (unpaired) electrons. The minimum absolute atomic E-state index is 0.0289.